The van der Waals surface area contributed by atoms with Gasteiger partial charge in [-0.1, -0.05) is 42.3 Å². The minimum atomic E-state index is 0.255. The molecule has 4 heteroatoms. The molecule has 0 amide bonds. The Morgan fingerprint density at radius 3 is 2.72 bits per heavy atom. The standard InChI is InChI=1S/C14H20Cl2N2/c1-9-6-11(17)8-18(7-9)10(2)12-4-3-5-13(15)14(12)16/h3-5,9-11H,6-8,17H2,1-2H3. The average molecular weight is 287 g/mol. The highest BCUT2D eigenvalue weighted by atomic mass is 35.5. The summed E-state index contributed by atoms with van der Waals surface area (Å²) in [6.45, 7) is 6.41. The van der Waals surface area contributed by atoms with Crippen LogP contribution in [0, 0.1) is 5.92 Å². The average Bonchev–Trinajstić information content (AvgIpc) is 2.30. The number of hydrogen-bond donors (Lipinski definition) is 1. The Bertz CT molecular complexity index is 412. The van der Waals surface area contributed by atoms with Crippen molar-refractivity contribution in [1.82, 2.24) is 4.90 Å². The van der Waals surface area contributed by atoms with Crippen LogP contribution in [0.25, 0.3) is 0 Å². The van der Waals surface area contributed by atoms with Gasteiger partial charge in [-0.3, -0.25) is 4.90 Å². The molecule has 1 aliphatic heterocycles. The van der Waals surface area contributed by atoms with Crippen molar-refractivity contribution in [2.24, 2.45) is 11.7 Å². The van der Waals surface area contributed by atoms with Crippen molar-refractivity contribution in [3.63, 3.8) is 0 Å². The van der Waals surface area contributed by atoms with Gasteiger partial charge in [-0.2, -0.15) is 0 Å². The van der Waals surface area contributed by atoms with E-state index in [4.69, 9.17) is 28.9 Å². The molecule has 1 aliphatic rings. The fourth-order valence-electron chi connectivity index (χ4n) is 2.80. The molecule has 0 spiro atoms. The normalized spacial score (nSPS) is 27.2. The Balaban J connectivity index is 2.20. The van der Waals surface area contributed by atoms with E-state index >= 15 is 0 Å². The van der Waals surface area contributed by atoms with Crippen molar-refractivity contribution >= 4 is 23.2 Å². The lowest BCUT2D eigenvalue weighted by atomic mass is 9.94. The molecule has 2 rings (SSSR count). The molecule has 2 N–H and O–H groups in total. The maximum absolute atomic E-state index is 6.29. The van der Waals surface area contributed by atoms with E-state index in [1.807, 2.05) is 18.2 Å². The molecular formula is C14H20Cl2N2. The Morgan fingerprint density at radius 1 is 1.33 bits per heavy atom. The summed E-state index contributed by atoms with van der Waals surface area (Å²) >= 11 is 12.4. The molecule has 2 nitrogen and oxygen atoms in total. The van der Waals surface area contributed by atoms with Crippen LogP contribution in [0.1, 0.15) is 31.9 Å². The SMILES string of the molecule is CC1CC(N)CN(C(C)c2cccc(Cl)c2Cl)C1. The minimum Gasteiger partial charge on any atom is -0.327 e. The number of rotatable bonds is 2. The van der Waals surface area contributed by atoms with E-state index in [0.29, 0.717) is 16.0 Å². The number of hydrogen-bond acceptors (Lipinski definition) is 2. The Labute approximate surface area is 119 Å². The number of likely N-dealkylation sites (tertiary alicyclic amines) is 1. The first-order valence-electron chi connectivity index (χ1n) is 6.42. The highest BCUT2D eigenvalue weighted by Crippen LogP contribution is 2.34. The van der Waals surface area contributed by atoms with Crippen LogP contribution >= 0.6 is 23.2 Å². The van der Waals surface area contributed by atoms with E-state index in [1.54, 1.807) is 0 Å². The zero-order valence-corrected chi connectivity index (χ0v) is 12.4. The highest BCUT2D eigenvalue weighted by molar-refractivity contribution is 6.42. The van der Waals surface area contributed by atoms with Crippen molar-refractivity contribution in [2.45, 2.75) is 32.4 Å². The minimum absolute atomic E-state index is 0.255. The van der Waals surface area contributed by atoms with Gasteiger partial charge in [0.2, 0.25) is 0 Å². The largest absolute Gasteiger partial charge is 0.327 e. The highest BCUT2D eigenvalue weighted by Gasteiger charge is 2.27. The third kappa shape index (κ3) is 3.00. The Morgan fingerprint density at radius 2 is 2.06 bits per heavy atom. The summed E-state index contributed by atoms with van der Waals surface area (Å²) in [5.74, 6) is 0.633. The summed E-state index contributed by atoms with van der Waals surface area (Å²) in [6.07, 6.45) is 1.10. The van der Waals surface area contributed by atoms with E-state index in [9.17, 15) is 0 Å². The zero-order valence-electron chi connectivity index (χ0n) is 10.9. The third-order valence-corrected chi connectivity index (χ3v) is 4.53. The van der Waals surface area contributed by atoms with E-state index in [2.05, 4.69) is 18.7 Å². The third-order valence-electron chi connectivity index (χ3n) is 3.70. The molecular weight excluding hydrogens is 267 g/mol. The molecule has 1 aromatic carbocycles. The zero-order chi connectivity index (χ0) is 13.3. The van der Waals surface area contributed by atoms with Gasteiger partial charge >= 0.3 is 0 Å². The van der Waals surface area contributed by atoms with Gasteiger partial charge in [-0.05, 0) is 30.9 Å². The van der Waals surface area contributed by atoms with Crippen molar-refractivity contribution in [3.8, 4) is 0 Å². The van der Waals surface area contributed by atoms with Crippen LogP contribution in [0.3, 0.4) is 0 Å². The Kier molecular flexibility index (Phi) is 4.54. The molecule has 0 aromatic heterocycles. The van der Waals surface area contributed by atoms with Crippen LogP contribution in [0.2, 0.25) is 10.0 Å². The van der Waals surface area contributed by atoms with Gasteiger partial charge in [-0.15, -0.1) is 0 Å². The summed E-state index contributed by atoms with van der Waals surface area (Å²) in [5.41, 5.74) is 7.19. The molecule has 1 aromatic rings. The lowest BCUT2D eigenvalue weighted by Crippen LogP contribution is -2.47. The second kappa shape index (κ2) is 5.79. The van der Waals surface area contributed by atoms with Gasteiger partial charge in [0.05, 0.1) is 10.0 Å². The monoisotopic (exact) mass is 286 g/mol. The summed E-state index contributed by atoms with van der Waals surface area (Å²) in [7, 11) is 0. The van der Waals surface area contributed by atoms with Crippen molar-refractivity contribution in [2.75, 3.05) is 13.1 Å². The first-order valence-corrected chi connectivity index (χ1v) is 7.18. The molecule has 0 saturated carbocycles. The van der Waals surface area contributed by atoms with Gasteiger partial charge in [0.1, 0.15) is 0 Å². The molecule has 3 atom stereocenters. The van der Waals surface area contributed by atoms with Gasteiger partial charge in [0, 0.05) is 25.2 Å². The summed E-state index contributed by atoms with van der Waals surface area (Å²) in [4.78, 5) is 2.40. The number of halogens is 2. The van der Waals surface area contributed by atoms with E-state index in [-0.39, 0.29) is 12.1 Å². The topological polar surface area (TPSA) is 29.3 Å². The fourth-order valence-corrected chi connectivity index (χ4v) is 3.26. The fraction of sp³-hybridized carbons (Fsp3) is 0.571. The smallest absolute Gasteiger partial charge is 0.0640 e. The van der Waals surface area contributed by atoms with E-state index < -0.39 is 0 Å². The van der Waals surface area contributed by atoms with Crippen molar-refractivity contribution in [3.05, 3.63) is 33.8 Å². The molecule has 1 saturated heterocycles. The first kappa shape index (κ1) is 14.1. The predicted molar refractivity (Wildman–Crippen MR) is 78.2 cm³/mol. The number of nitrogens with two attached hydrogens (primary N) is 1. The van der Waals surface area contributed by atoms with Gasteiger partial charge in [0.15, 0.2) is 0 Å². The lowest BCUT2D eigenvalue weighted by molar-refractivity contribution is 0.124. The number of piperidine rings is 1. The summed E-state index contributed by atoms with van der Waals surface area (Å²) < 4.78 is 0. The predicted octanol–water partition coefficient (Wildman–Crippen LogP) is 3.72. The molecule has 1 fully saturated rings. The van der Waals surface area contributed by atoms with Crippen LogP contribution in [-0.4, -0.2) is 24.0 Å². The number of benzene rings is 1. The van der Waals surface area contributed by atoms with Crippen LogP contribution in [0.4, 0.5) is 0 Å². The molecule has 18 heavy (non-hydrogen) atoms. The van der Waals surface area contributed by atoms with Crippen LogP contribution < -0.4 is 5.73 Å². The van der Waals surface area contributed by atoms with Gasteiger partial charge < -0.3 is 5.73 Å². The van der Waals surface area contributed by atoms with Gasteiger partial charge in [0.25, 0.3) is 0 Å². The molecule has 0 bridgehead atoms. The molecule has 100 valence electrons. The Hall–Kier alpha value is -0.280. The molecule has 1 heterocycles. The quantitative estimate of drug-likeness (QED) is 0.898. The molecule has 0 aliphatic carbocycles. The molecule has 3 unspecified atom stereocenters. The summed E-state index contributed by atoms with van der Waals surface area (Å²) in [6, 6.07) is 6.33. The lowest BCUT2D eigenvalue weighted by Gasteiger charge is -2.39. The first-order chi connectivity index (χ1) is 8.49. The maximum atomic E-state index is 6.29. The van der Waals surface area contributed by atoms with Gasteiger partial charge in [-0.25, -0.2) is 0 Å². The van der Waals surface area contributed by atoms with Crippen LogP contribution in [0.5, 0.6) is 0 Å². The second-order valence-corrected chi connectivity index (χ2v) is 6.16. The molecule has 0 radical (unpaired) electrons. The summed E-state index contributed by atoms with van der Waals surface area (Å²) in [5, 5.41) is 1.29. The number of nitrogens with zero attached hydrogens (tertiary/aromatic N) is 1. The van der Waals surface area contributed by atoms with Crippen LogP contribution in [0.15, 0.2) is 18.2 Å². The van der Waals surface area contributed by atoms with E-state index in [1.165, 1.54) is 0 Å². The van der Waals surface area contributed by atoms with Crippen molar-refractivity contribution < 1.29 is 0 Å². The van der Waals surface area contributed by atoms with Crippen LogP contribution in [-0.2, 0) is 0 Å². The maximum Gasteiger partial charge on any atom is 0.0640 e. The second-order valence-electron chi connectivity index (χ2n) is 5.37. The van der Waals surface area contributed by atoms with E-state index in [0.717, 1.165) is 25.1 Å². The van der Waals surface area contributed by atoms with Crippen molar-refractivity contribution in [1.29, 1.82) is 0 Å².